The molecule has 6 nitrogen and oxygen atoms in total. The van der Waals surface area contributed by atoms with Gasteiger partial charge in [0.1, 0.15) is 6.10 Å². The van der Waals surface area contributed by atoms with Gasteiger partial charge in [-0.3, -0.25) is 14.5 Å². The normalized spacial score (nSPS) is 21.0. The van der Waals surface area contributed by atoms with Crippen LogP contribution in [-0.2, 0) is 14.3 Å². The Balaban J connectivity index is 1.40. The maximum atomic E-state index is 12.3. The lowest BCUT2D eigenvalue weighted by Gasteiger charge is -2.35. The van der Waals surface area contributed by atoms with Crippen molar-refractivity contribution in [2.45, 2.75) is 25.4 Å². The molecule has 3 rings (SSSR count). The van der Waals surface area contributed by atoms with Crippen molar-refractivity contribution in [1.29, 1.82) is 0 Å². The summed E-state index contributed by atoms with van der Waals surface area (Å²) in [5.74, 6) is 0.00233. The number of piperazine rings is 1. The van der Waals surface area contributed by atoms with E-state index in [1.807, 2.05) is 4.90 Å². The van der Waals surface area contributed by atoms with E-state index in [2.05, 4.69) is 10.2 Å². The zero-order valence-corrected chi connectivity index (χ0v) is 16.1. The standard InChI is InChI=1S/C18H23Cl2N3O3/c19-13-3-4-14(20)15(12-13)21-17(24)5-6-22-7-9-23(10-8-22)18(25)16-2-1-11-26-16/h3-4,12,16H,1-2,5-11H2,(H,21,24). The van der Waals surface area contributed by atoms with Crippen molar-refractivity contribution >= 4 is 40.7 Å². The van der Waals surface area contributed by atoms with Crippen molar-refractivity contribution in [3.63, 3.8) is 0 Å². The highest BCUT2D eigenvalue weighted by atomic mass is 35.5. The Kier molecular flexibility index (Phi) is 6.75. The van der Waals surface area contributed by atoms with E-state index in [0.717, 1.165) is 25.9 Å². The van der Waals surface area contributed by atoms with E-state index in [4.69, 9.17) is 27.9 Å². The number of halogens is 2. The topological polar surface area (TPSA) is 61.9 Å². The first-order chi connectivity index (χ1) is 12.5. The number of ether oxygens (including phenoxy) is 1. The summed E-state index contributed by atoms with van der Waals surface area (Å²) in [4.78, 5) is 28.5. The van der Waals surface area contributed by atoms with Crippen LogP contribution in [0.2, 0.25) is 10.0 Å². The largest absolute Gasteiger partial charge is 0.368 e. The molecule has 2 aliphatic heterocycles. The molecule has 1 unspecified atom stereocenters. The minimum Gasteiger partial charge on any atom is -0.368 e. The summed E-state index contributed by atoms with van der Waals surface area (Å²) in [7, 11) is 0. The predicted molar refractivity (Wildman–Crippen MR) is 102 cm³/mol. The molecule has 26 heavy (non-hydrogen) atoms. The predicted octanol–water partition coefficient (Wildman–Crippen LogP) is 2.65. The van der Waals surface area contributed by atoms with Gasteiger partial charge in [-0.05, 0) is 31.0 Å². The van der Waals surface area contributed by atoms with Crippen LogP contribution < -0.4 is 5.32 Å². The van der Waals surface area contributed by atoms with Crippen LogP contribution in [0.1, 0.15) is 19.3 Å². The van der Waals surface area contributed by atoms with Gasteiger partial charge in [0.05, 0.1) is 10.7 Å². The summed E-state index contributed by atoms with van der Waals surface area (Å²) in [5, 5.41) is 3.78. The Morgan fingerprint density at radius 1 is 1.19 bits per heavy atom. The number of nitrogens with one attached hydrogen (secondary N) is 1. The van der Waals surface area contributed by atoms with Crippen LogP contribution in [0.25, 0.3) is 0 Å². The fourth-order valence-corrected chi connectivity index (χ4v) is 3.57. The quantitative estimate of drug-likeness (QED) is 0.826. The van der Waals surface area contributed by atoms with Crippen LogP contribution in [0, 0.1) is 0 Å². The molecule has 2 amide bonds. The summed E-state index contributed by atoms with van der Waals surface area (Å²) in [6.45, 7) is 4.22. The monoisotopic (exact) mass is 399 g/mol. The van der Waals surface area contributed by atoms with E-state index in [1.54, 1.807) is 18.2 Å². The molecule has 1 aromatic rings. The van der Waals surface area contributed by atoms with Gasteiger partial charge in [-0.15, -0.1) is 0 Å². The van der Waals surface area contributed by atoms with E-state index in [1.165, 1.54) is 0 Å². The maximum absolute atomic E-state index is 12.3. The average molecular weight is 400 g/mol. The van der Waals surface area contributed by atoms with Gasteiger partial charge in [-0.25, -0.2) is 0 Å². The van der Waals surface area contributed by atoms with Crippen molar-refractivity contribution in [1.82, 2.24) is 9.80 Å². The Morgan fingerprint density at radius 2 is 1.96 bits per heavy atom. The van der Waals surface area contributed by atoms with Gasteiger partial charge in [0, 0.05) is 50.8 Å². The number of hydrogen-bond donors (Lipinski definition) is 1. The molecule has 2 fully saturated rings. The number of nitrogens with zero attached hydrogens (tertiary/aromatic N) is 2. The molecule has 2 heterocycles. The summed E-state index contributed by atoms with van der Waals surface area (Å²) in [6, 6.07) is 4.97. The molecule has 2 saturated heterocycles. The number of anilines is 1. The van der Waals surface area contributed by atoms with E-state index >= 15 is 0 Å². The molecule has 8 heteroatoms. The summed E-state index contributed by atoms with van der Waals surface area (Å²) in [6.07, 6.45) is 1.89. The van der Waals surface area contributed by atoms with Crippen LogP contribution in [0.5, 0.6) is 0 Å². The van der Waals surface area contributed by atoms with Crippen LogP contribution >= 0.6 is 23.2 Å². The molecule has 0 saturated carbocycles. The number of carbonyl (C=O) groups excluding carboxylic acids is 2. The highest BCUT2D eigenvalue weighted by Crippen LogP contribution is 2.25. The number of amides is 2. The molecule has 1 atom stereocenters. The molecule has 142 valence electrons. The van der Waals surface area contributed by atoms with Gasteiger partial charge < -0.3 is 15.0 Å². The Hall–Kier alpha value is -1.34. The minimum absolute atomic E-state index is 0.105. The smallest absolute Gasteiger partial charge is 0.251 e. The lowest BCUT2D eigenvalue weighted by molar-refractivity contribution is -0.142. The Bertz CT molecular complexity index is 657. The van der Waals surface area contributed by atoms with Crippen molar-refractivity contribution in [2.75, 3.05) is 44.6 Å². The maximum Gasteiger partial charge on any atom is 0.251 e. The Labute approximate surface area is 163 Å². The van der Waals surface area contributed by atoms with Crippen LogP contribution in [0.3, 0.4) is 0 Å². The number of benzene rings is 1. The molecule has 0 bridgehead atoms. The van der Waals surface area contributed by atoms with Gasteiger partial charge in [0.2, 0.25) is 5.91 Å². The zero-order chi connectivity index (χ0) is 18.5. The van der Waals surface area contributed by atoms with Gasteiger partial charge in [0.25, 0.3) is 5.91 Å². The fraction of sp³-hybridized carbons (Fsp3) is 0.556. The van der Waals surface area contributed by atoms with Crippen LogP contribution in [0.4, 0.5) is 5.69 Å². The molecular formula is C18H23Cl2N3O3. The fourth-order valence-electron chi connectivity index (χ4n) is 3.23. The SMILES string of the molecule is O=C(CCN1CCN(C(=O)C2CCCO2)CC1)Nc1cc(Cl)ccc1Cl. The number of carbonyl (C=O) groups is 2. The molecule has 0 spiro atoms. The third-order valence-electron chi connectivity index (χ3n) is 4.75. The molecule has 2 aliphatic rings. The second kappa shape index (κ2) is 9.04. The second-order valence-corrected chi connectivity index (χ2v) is 7.43. The summed E-state index contributed by atoms with van der Waals surface area (Å²) in [5.41, 5.74) is 0.524. The van der Waals surface area contributed by atoms with Crippen molar-refractivity contribution in [3.05, 3.63) is 28.2 Å². The third kappa shape index (κ3) is 5.10. The second-order valence-electron chi connectivity index (χ2n) is 6.59. The Morgan fingerprint density at radius 3 is 2.65 bits per heavy atom. The van der Waals surface area contributed by atoms with Gasteiger partial charge in [-0.2, -0.15) is 0 Å². The van der Waals surface area contributed by atoms with Gasteiger partial charge >= 0.3 is 0 Å². The van der Waals surface area contributed by atoms with Gasteiger partial charge in [0.15, 0.2) is 0 Å². The van der Waals surface area contributed by atoms with Crippen molar-refractivity contribution in [2.24, 2.45) is 0 Å². The molecular weight excluding hydrogens is 377 g/mol. The van der Waals surface area contributed by atoms with Crippen molar-refractivity contribution in [3.8, 4) is 0 Å². The molecule has 1 aromatic carbocycles. The first-order valence-electron chi connectivity index (χ1n) is 8.90. The third-order valence-corrected chi connectivity index (χ3v) is 5.31. The molecule has 1 N–H and O–H groups in total. The minimum atomic E-state index is -0.255. The highest BCUT2D eigenvalue weighted by molar-refractivity contribution is 6.35. The van der Waals surface area contributed by atoms with Crippen LogP contribution in [0.15, 0.2) is 18.2 Å². The molecule has 0 aromatic heterocycles. The molecule has 0 aliphatic carbocycles. The number of rotatable bonds is 5. The van der Waals surface area contributed by atoms with E-state index in [9.17, 15) is 9.59 Å². The van der Waals surface area contributed by atoms with E-state index < -0.39 is 0 Å². The van der Waals surface area contributed by atoms with Gasteiger partial charge in [-0.1, -0.05) is 23.2 Å². The van der Waals surface area contributed by atoms with E-state index in [0.29, 0.717) is 48.4 Å². The van der Waals surface area contributed by atoms with E-state index in [-0.39, 0.29) is 17.9 Å². The first-order valence-corrected chi connectivity index (χ1v) is 9.66. The zero-order valence-electron chi connectivity index (χ0n) is 14.5. The highest BCUT2D eigenvalue weighted by Gasteiger charge is 2.30. The number of hydrogen-bond acceptors (Lipinski definition) is 4. The molecule has 0 radical (unpaired) electrons. The lowest BCUT2D eigenvalue weighted by Crippen LogP contribution is -2.51. The first kappa shape index (κ1) is 19.4. The summed E-state index contributed by atoms with van der Waals surface area (Å²) >= 11 is 12.0. The van der Waals surface area contributed by atoms with Crippen molar-refractivity contribution < 1.29 is 14.3 Å². The average Bonchev–Trinajstić information content (AvgIpc) is 3.17. The van der Waals surface area contributed by atoms with Crippen LogP contribution in [-0.4, -0.2) is 67.0 Å². The summed E-state index contributed by atoms with van der Waals surface area (Å²) < 4.78 is 5.47. The lowest BCUT2D eigenvalue weighted by atomic mass is 10.2.